The normalized spacial score (nSPS) is 14.2. The maximum absolute atomic E-state index is 12.8. The Labute approximate surface area is 159 Å². The summed E-state index contributed by atoms with van der Waals surface area (Å²) in [6, 6.07) is 5.53. The van der Waals surface area contributed by atoms with Crippen molar-refractivity contribution >= 4 is 41.7 Å². The molecule has 0 aliphatic rings. The maximum Gasteiger partial charge on any atom is 0.234 e. The second-order valence-electron chi connectivity index (χ2n) is 6.27. The van der Waals surface area contributed by atoms with Crippen LogP contribution in [0.1, 0.15) is 27.7 Å². The van der Waals surface area contributed by atoms with Crippen molar-refractivity contribution in [1.29, 1.82) is 0 Å². The first kappa shape index (κ1) is 23.7. The summed E-state index contributed by atoms with van der Waals surface area (Å²) in [7, 11) is 0. The molecule has 0 radical (unpaired) electrons. The van der Waals surface area contributed by atoms with Crippen molar-refractivity contribution in [3.8, 4) is 0 Å². The van der Waals surface area contributed by atoms with Gasteiger partial charge in [0.25, 0.3) is 0 Å². The molecule has 142 valence electrons. The van der Waals surface area contributed by atoms with E-state index in [2.05, 4.69) is 10.6 Å². The van der Waals surface area contributed by atoms with E-state index in [4.69, 9.17) is 5.73 Å². The Bertz CT molecular complexity index is 572. The van der Waals surface area contributed by atoms with Gasteiger partial charge >= 0.3 is 0 Å². The van der Waals surface area contributed by atoms with Crippen molar-refractivity contribution < 1.29 is 14.0 Å². The van der Waals surface area contributed by atoms with Crippen LogP contribution in [0.25, 0.3) is 0 Å². The summed E-state index contributed by atoms with van der Waals surface area (Å²) in [6.45, 7) is 8.01. The van der Waals surface area contributed by atoms with Crippen molar-refractivity contribution in [2.45, 2.75) is 38.5 Å². The second-order valence-corrected chi connectivity index (χ2v) is 7.60. The third-order valence-corrected chi connectivity index (χ3v) is 5.21. The summed E-state index contributed by atoms with van der Waals surface area (Å²) < 4.78 is 12.8. The van der Waals surface area contributed by atoms with E-state index in [9.17, 15) is 14.0 Å². The zero-order valence-electron chi connectivity index (χ0n) is 15.0. The Morgan fingerprint density at radius 3 is 2.28 bits per heavy atom. The van der Waals surface area contributed by atoms with Crippen LogP contribution < -0.4 is 16.4 Å². The molecule has 0 saturated heterocycles. The largest absolute Gasteiger partial charge is 0.348 e. The van der Waals surface area contributed by atoms with E-state index in [1.165, 1.54) is 36.0 Å². The first-order chi connectivity index (χ1) is 11.2. The molecule has 0 spiro atoms. The molecule has 2 atom stereocenters. The van der Waals surface area contributed by atoms with Crippen LogP contribution in [0, 0.1) is 11.7 Å². The lowest BCUT2D eigenvalue weighted by Crippen LogP contribution is -2.56. The standard InChI is InChI=1S/C17H26FN3O2S.ClH/c1-11(2)17(4,10-19)21-16(23)12(3)24-9-15(22)20-14-7-5-13(18)6-8-14;/h5-8,11-12H,9-10,19H2,1-4H3,(H,20,22)(H,21,23);1H. The molecule has 8 heteroatoms. The van der Waals surface area contributed by atoms with Gasteiger partial charge in [0.1, 0.15) is 5.82 Å². The highest BCUT2D eigenvalue weighted by molar-refractivity contribution is 8.01. The number of halogens is 2. The van der Waals surface area contributed by atoms with Crippen LogP contribution in [0.5, 0.6) is 0 Å². The number of hydrogen-bond acceptors (Lipinski definition) is 4. The first-order valence-corrected chi connectivity index (χ1v) is 8.92. The zero-order valence-corrected chi connectivity index (χ0v) is 16.6. The first-order valence-electron chi connectivity index (χ1n) is 7.87. The maximum atomic E-state index is 12.8. The molecule has 0 aliphatic carbocycles. The topological polar surface area (TPSA) is 84.2 Å². The molecule has 1 aromatic carbocycles. The van der Waals surface area contributed by atoms with E-state index in [1.54, 1.807) is 6.92 Å². The third kappa shape index (κ3) is 7.63. The molecule has 2 unspecified atom stereocenters. The zero-order chi connectivity index (χ0) is 18.3. The molecule has 0 saturated carbocycles. The van der Waals surface area contributed by atoms with E-state index in [1.807, 2.05) is 20.8 Å². The summed E-state index contributed by atoms with van der Waals surface area (Å²) in [5.74, 6) is -0.411. The fraction of sp³-hybridized carbons (Fsp3) is 0.529. The molecule has 2 amide bonds. The van der Waals surface area contributed by atoms with Crippen molar-refractivity contribution in [1.82, 2.24) is 5.32 Å². The number of rotatable bonds is 8. The molecule has 1 aromatic rings. The Balaban J connectivity index is 0.00000576. The van der Waals surface area contributed by atoms with Gasteiger partial charge in [-0.2, -0.15) is 0 Å². The number of amides is 2. The molecule has 1 rings (SSSR count). The summed E-state index contributed by atoms with van der Waals surface area (Å²) >= 11 is 1.24. The highest BCUT2D eigenvalue weighted by Crippen LogP contribution is 2.18. The number of carbonyl (C=O) groups is 2. The lowest BCUT2D eigenvalue weighted by atomic mass is 9.88. The van der Waals surface area contributed by atoms with Gasteiger partial charge in [-0.3, -0.25) is 9.59 Å². The van der Waals surface area contributed by atoms with E-state index >= 15 is 0 Å². The molecular weight excluding hydrogens is 365 g/mol. The SMILES string of the molecule is CC(SCC(=O)Nc1ccc(F)cc1)C(=O)NC(C)(CN)C(C)C.Cl. The lowest BCUT2D eigenvalue weighted by molar-refractivity contribution is -0.122. The molecule has 25 heavy (non-hydrogen) atoms. The van der Waals surface area contributed by atoms with Crippen molar-refractivity contribution in [3.63, 3.8) is 0 Å². The minimum atomic E-state index is -0.470. The predicted octanol–water partition coefficient (Wildman–Crippen LogP) is 2.80. The quantitative estimate of drug-likeness (QED) is 0.636. The van der Waals surface area contributed by atoms with Gasteiger partial charge in [-0.05, 0) is 44.0 Å². The van der Waals surface area contributed by atoms with Gasteiger partial charge in [0.15, 0.2) is 0 Å². The van der Waals surface area contributed by atoms with Gasteiger partial charge in [0.05, 0.1) is 16.5 Å². The molecule has 0 fully saturated rings. The molecule has 0 aromatic heterocycles. The van der Waals surface area contributed by atoms with Gasteiger partial charge in [-0.15, -0.1) is 24.2 Å². The molecule has 4 N–H and O–H groups in total. The Morgan fingerprint density at radius 1 is 1.24 bits per heavy atom. The third-order valence-electron chi connectivity index (χ3n) is 4.07. The van der Waals surface area contributed by atoms with Crippen LogP contribution in [-0.4, -0.2) is 34.9 Å². The molecule has 0 aliphatic heterocycles. The number of nitrogens with one attached hydrogen (secondary N) is 2. The number of hydrogen-bond donors (Lipinski definition) is 3. The van der Waals surface area contributed by atoms with Crippen LogP contribution in [0.2, 0.25) is 0 Å². The van der Waals surface area contributed by atoms with Crippen molar-refractivity contribution in [2.24, 2.45) is 11.7 Å². The average Bonchev–Trinajstić information content (AvgIpc) is 2.54. The molecule has 5 nitrogen and oxygen atoms in total. The summed E-state index contributed by atoms with van der Waals surface area (Å²) in [5, 5.41) is 5.25. The Hall–Kier alpha value is -1.31. The number of benzene rings is 1. The Kier molecular flexibility index (Phi) is 10.1. The smallest absolute Gasteiger partial charge is 0.234 e. The molecule has 0 bridgehead atoms. The fourth-order valence-electron chi connectivity index (χ4n) is 1.82. The highest BCUT2D eigenvalue weighted by atomic mass is 35.5. The van der Waals surface area contributed by atoms with Crippen LogP contribution in [-0.2, 0) is 9.59 Å². The molecule has 0 heterocycles. The summed E-state index contributed by atoms with van der Waals surface area (Å²) in [6.07, 6.45) is 0. The van der Waals surface area contributed by atoms with E-state index in [0.29, 0.717) is 12.2 Å². The van der Waals surface area contributed by atoms with Crippen LogP contribution in [0.3, 0.4) is 0 Å². The van der Waals surface area contributed by atoms with Crippen molar-refractivity contribution in [2.75, 3.05) is 17.6 Å². The average molecular weight is 392 g/mol. The lowest BCUT2D eigenvalue weighted by Gasteiger charge is -2.34. The van der Waals surface area contributed by atoms with Gasteiger partial charge in [-0.25, -0.2) is 4.39 Å². The fourth-order valence-corrected chi connectivity index (χ4v) is 2.50. The second kappa shape index (κ2) is 10.6. The highest BCUT2D eigenvalue weighted by Gasteiger charge is 2.30. The van der Waals surface area contributed by atoms with Gasteiger partial charge in [-0.1, -0.05) is 13.8 Å². The van der Waals surface area contributed by atoms with Gasteiger partial charge in [0.2, 0.25) is 11.8 Å². The van der Waals surface area contributed by atoms with Gasteiger partial charge < -0.3 is 16.4 Å². The summed E-state index contributed by atoms with van der Waals surface area (Å²) in [5.41, 5.74) is 5.82. The van der Waals surface area contributed by atoms with Gasteiger partial charge in [0, 0.05) is 12.2 Å². The monoisotopic (exact) mass is 391 g/mol. The van der Waals surface area contributed by atoms with Crippen LogP contribution in [0.4, 0.5) is 10.1 Å². The minimum absolute atomic E-state index is 0. The Morgan fingerprint density at radius 2 is 1.80 bits per heavy atom. The van der Waals surface area contributed by atoms with E-state index in [-0.39, 0.29) is 47.0 Å². The number of carbonyl (C=O) groups excluding carboxylic acids is 2. The van der Waals surface area contributed by atoms with E-state index < -0.39 is 5.54 Å². The van der Waals surface area contributed by atoms with E-state index in [0.717, 1.165) is 0 Å². The number of anilines is 1. The van der Waals surface area contributed by atoms with Crippen LogP contribution in [0.15, 0.2) is 24.3 Å². The van der Waals surface area contributed by atoms with Crippen molar-refractivity contribution in [3.05, 3.63) is 30.1 Å². The minimum Gasteiger partial charge on any atom is -0.348 e. The molecular formula is C17H27ClFN3O2S. The number of nitrogens with two attached hydrogens (primary N) is 1. The predicted molar refractivity (Wildman–Crippen MR) is 105 cm³/mol. The van der Waals surface area contributed by atoms with Crippen LogP contribution >= 0.6 is 24.2 Å². The summed E-state index contributed by atoms with van der Waals surface area (Å²) in [4.78, 5) is 24.2. The number of thioether (sulfide) groups is 1.